The molecular formula is C14H21ClFN. The molecule has 0 heterocycles. The van der Waals surface area contributed by atoms with Crippen molar-refractivity contribution in [3.63, 3.8) is 0 Å². The highest BCUT2D eigenvalue weighted by Gasteiger charge is 2.22. The molecule has 1 nitrogen and oxygen atoms in total. The molecule has 2 unspecified atom stereocenters. The van der Waals surface area contributed by atoms with Crippen molar-refractivity contribution in [3.8, 4) is 0 Å². The summed E-state index contributed by atoms with van der Waals surface area (Å²) < 4.78 is 13.0. The van der Waals surface area contributed by atoms with E-state index in [1.165, 1.54) is 12.1 Å². The van der Waals surface area contributed by atoms with Gasteiger partial charge in [0, 0.05) is 17.1 Å². The number of hydrogen-bond donors (Lipinski definition) is 1. The van der Waals surface area contributed by atoms with Gasteiger partial charge < -0.3 is 5.32 Å². The van der Waals surface area contributed by atoms with Gasteiger partial charge in [0.25, 0.3) is 0 Å². The predicted octanol–water partition coefficient (Wildman–Crippen LogP) is 4.56. The first-order valence-corrected chi connectivity index (χ1v) is 6.30. The highest BCUT2D eigenvalue weighted by Crippen LogP contribution is 2.26. The maximum atomic E-state index is 13.0. The molecule has 0 aromatic heterocycles. The summed E-state index contributed by atoms with van der Waals surface area (Å²) in [5, 5.41) is 3.97. The summed E-state index contributed by atoms with van der Waals surface area (Å²) in [6.45, 7) is 10.7. The Hall–Kier alpha value is -0.600. The Kier molecular flexibility index (Phi) is 4.56. The van der Waals surface area contributed by atoms with Gasteiger partial charge in [0.2, 0.25) is 0 Å². The summed E-state index contributed by atoms with van der Waals surface area (Å²) in [5.41, 5.74) is 1.12. The van der Waals surface area contributed by atoms with Crippen molar-refractivity contribution in [3.05, 3.63) is 34.6 Å². The van der Waals surface area contributed by atoms with Gasteiger partial charge in [-0.3, -0.25) is 0 Å². The monoisotopic (exact) mass is 257 g/mol. The van der Waals surface area contributed by atoms with Crippen LogP contribution in [0.1, 0.15) is 46.2 Å². The fourth-order valence-electron chi connectivity index (χ4n) is 1.57. The third-order valence-corrected chi connectivity index (χ3v) is 3.56. The number of benzene rings is 1. The first-order chi connectivity index (χ1) is 7.71. The van der Waals surface area contributed by atoms with Gasteiger partial charge in [-0.1, -0.05) is 38.4 Å². The zero-order valence-corrected chi connectivity index (χ0v) is 11.9. The Bertz CT molecular complexity index is 384. The molecule has 0 fully saturated rings. The normalized spacial score (nSPS) is 15.7. The number of nitrogens with one attached hydrogen (secondary N) is 1. The maximum Gasteiger partial charge on any atom is 0.124 e. The summed E-state index contributed by atoms with van der Waals surface area (Å²) in [6.07, 6.45) is 0. The lowest BCUT2D eigenvalue weighted by molar-refractivity contribution is 0.268. The van der Waals surface area contributed by atoms with E-state index >= 15 is 0 Å². The Morgan fingerprint density at radius 3 is 2.29 bits per heavy atom. The van der Waals surface area contributed by atoms with Gasteiger partial charge >= 0.3 is 0 Å². The largest absolute Gasteiger partial charge is 0.307 e. The molecule has 0 spiro atoms. The maximum absolute atomic E-state index is 13.0. The second kappa shape index (κ2) is 5.36. The van der Waals surface area contributed by atoms with Crippen LogP contribution in [0.5, 0.6) is 0 Å². The van der Waals surface area contributed by atoms with Crippen molar-refractivity contribution in [2.75, 3.05) is 0 Å². The summed E-state index contributed by atoms with van der Waals surface area (Å²) in [5.74, 6) is -0.296. The van der Waals surface area contributed by atoms with E-state index in [9.17, 15) is 4.39 Å². The lowest BCUT2D eigenvalue weighted by atomic mass is 9.87. The van der Waals surface area contributed by atoms with Gasteiger partial charge in [0.05, 0.1) is 0 Å². The van der Waals surface area contributed by atoms with Crippen molar-refractivity contribution in [1.29, 1.82) is 0 Å². The van der Waals surface area contributed by atoms with E-state index < -0.39 is 0 Å². The fourth-order valence-corrected chi connectivity index (χ4v) is 1.90. The Balaban J connectivity index is 2.80. The molecule has 0 saturated carbocycles. The minimum Gasteiger partial charge on any atom is -0.307 e. The molecule has 1 aromatic rings. The van der Waals surface area contributed by atoms with Gasteiger partial charge in [0.15, 0.2) is 0 Å². The molecule has 17 heavy (non-hydrogen) atoms. The molecule has 0 amide bonds. The molecule has 0 saturated heterocycles. The summed E-state index contributed by atoms with van der Waals surface area (Å²) in [4.78, 5) is 0. The molecule has 1 rings (SSSR count). The molecular weight excluding hydrogens is 237 g/mol. The van der Waals surface area contributed by atoms with Gasteiger partial charge in [0.1, 0.15) is 5.82 Å². The molecule has 1 aromatic carbocycles. The highest BCUT2D eigenvalue weighted by molar-refractivity contribution is 6.31. The molecule has 0 radical (unpaired) electrons. The van der Waals surface area contributed by atoms with Crippen LogP contribution in [0, 0.1) is 11.2 Å². The summed E-state index contributed by atoms with van der Waals surface area (Å²) >= 11 is 6.04. The van der Waals surface area contributed by atoms with E-state index in [2.05, 4.69) is 33.0 Å². The van der Waals surface area contributed by atoms with Crippen molar-refractivity contribution in [1.82, 2.24) is 5.32 Å². The van der Waals surface area contributed by atoms with E-state index in [0.717, 1.165) is 5.56 Å². The summed E-state index contributed by atoms with van der Waals surface area (Å²) in [7, 11) is 0. The van der Waals surface area contributed by atoms with Gasteiger partial charge in [-0.25, -0.2) is 4.39 Å². The number of rotatable bonds is 3. The molecule has 96 valence electrons. The molecule has 0 aliphatic heterocycles. The van der Waals surface area contributed by atoms with Gasteiger partial charge in [-0.2, -0.15) is 0 Å². The number of halogens is 2. The first kappa shape index (κ1) is 14.5. The Labute approximate surface area is 108 Å². The van der Waals surface area contributed by atoms with Crippen molar-refractivity contribution in [2.24, 2.45) is 5.41 Å². The minimum absolute atomic E-state index is 0.109. The Morgan fingerprint density at radius 1 is 1.24 bits per heavy atom. The van der Waals surface area contributed by atoms with Crippen LogP contribution in [-0.4, -0.2) is 6.04 Å². The topological polar surface area (TPSA) is 12.0 Å². The highest BCUT2D eigenvalue weighted by atomic mass is 35.5. The first-order valence-electron chi connectivity index (χ1n) is 5.93. The van der Waals surface area contributed by atoms with Crippen LogP contribution in [0.2, 0.25) is 5.02 Å². The van der Waals surface area contributed by atoms with Crippen molar-refractivity contribution in [2.45, 2.75) is 46.7 Å². The van der Waals surface area contributed by atoms with Crippen molar-refractivity contribution < 1.29 is 4.39 Å². The van der Waals surface area contributed by atoms with Crippen LogP contribution >= 0.6 is 11.6 Å². The quantitative estimate of drug-likeness (QED) is 0.837. The lowest BCUT2D eigenvalue weighted by Crippen LogP contribution is -2.39. The Morgan fingerprint density at radius 2 is 1.82 bits per heavy atom. The predicted molar refractivity (Wildman–Crippen MR) is 71.9 cm³/mol. The van der Waals surface area contributed by atoms with E-state index in [-0.39, 0.29) is 17.3 Å². The average Bonchev–Trinajstić information content (AvgIpc) is 2.15. The molecule has 0 bridgehead atoms. The minimum atomic E-state index is -0.296. The van der Waals surface area contributed by atoms with Crippen LogP contribution < -0.4 is 5.32 Å². The van der Waals surface area contributed by atoms with Crippen LogP contribution in [-0.2, 0) is 0 Å². The van der Waals surface area contributed by atoms with E-state index in [1.54, 1.807) is 6.07 Å². The molecule has 0 aliphatic carbocycles. The van der Waals surface area contributed by atoms with Crippen LogP contribution in [0.4, 0.5) is 4.39 Å². The van der Waals surface area contributed by atoms with Crippen LogP contribution in [0.3, 0.4) is 0 Å². The fraction of sp³-hybridized carbons (Fsp3) is 0.571. The molecule has 0 aliphatic rings. The zero-order chi connectivity index (χ0) is 13.2. The molecule has 1 N–H and O–H groups in total. The lowest BCUT2D eigenvalue weighted by Gasteiger charge is -2.31. The average molecular weight is 258 g/mol. The van der Waals surface area contributed by atoms with Gasteiger partial charge in [-0.05, 0) is 37.0 Å². The summed E-state index contributed by atoms with van der Waals surface area (Å²) in [6, 6.07) is 5.00. The second-order valence-electron chi connectivity index (χ2n) is 5.64. The van der Waals surface area contributed by atoms with Crippen LogP contribution in [0.15, 0.2) is 18.2 Å². The standard InChI is InChI=1S/C14H21ClFN/c1-9(17-10(2)14(3,4)5)12-7-6-11(16)8-13(12)15/h6-10,17H,1-5H3. The van der Waals surface area contributed by atoms with Gasteiger partial charge in [-0.15, -0.1) is 0 Å². The zero-order valence-electron chi connectivity index (χ0n) is 11.1. The number of hydrogen-bond acceptors (Lipinski definition) is 1. The smallest absolute Gasteiger partial charge is 0.124 e. The molecule has 2 atom stereocenters. The second-order valence-corrected chi connectivity index (χ2v) is 6.05. The van der Waals surface area contributed by atoms with E-state index in [4.69, 9.17) is 11.6 Å². The third kappa shape index (κ3) is 3.97. The third-order valence-electron chi connectivity index (χ3n) is 3.23. The van der Waals surface area contributed by atoms with Crippen molar-refractivity contribution >= 4 is 11.6 Å². The molecule has 3 heteroatoms. The SMILES string of the molecule is CC(NC(C)C(C)(C)C)c1ccc(F)cc1Cl. The van der Waals surface area contributed by atoms with Crippen LogP contribution in [0.25, 0.3) is 0 Å². The van der Waals surface area contributed by atoms with E-state index in [1.807, 2.05) is 6.92 Å². The van der Waals surface area contributed by atoms with E-state index in [0.29, 0.717) is 11.1 Å².